The number of hydrogen-bond acceptors (Lipinski definition) is 7. The van der Waals surface area contributed by atoms with Gasteiger partial charge in [0, 0.05) is 26.0 Å². The number of oxazole rings is 1. The molecule has 0 saturated carbocycles. The van der Waals surface area contributed by atoms with Crippen LogP contribution in [0.15, 0.2) is 38.2 Å². The molecule has 0 aliphatic carbocycles. The lowest BCUT2D eigenvalue weighted by Crippen LogP contribution is -2.27. The normalized spacial score (nSPS) is 12.0. The van der Waals surface area contributed by atoms with Crippen molar-refractivity contribution < 1.29 is 17.4 Å². The Hall–Kier alpha value is -2.52. The standard InChI is InChI=1S/C18H22N4O4S/c1-5-6-17-20-18(26-21-17)11-22(4)27(23,24)16-9-14(8-7-12(16)2)15-10-19-13(3)25-15/h7-10H,5-6,11H2,1-4H3. The highest BCUT2D eigenvalue weighted by atomic mass is 32.2. The van der Waals surface area contributed by atoms with Crippen LogP contribution in [-0.4, -0.2) is 34.9 Å². The average molecular weight is 390 g/mol. The maximum atomic E-state index is 13.1. The first kappa shape index (κ1) is 19.2. The third kappa shape index (κ3) is 4.09. The minimum Gasteiger partial charge on any atom is -0.441 e. The zero-order valence-corrected chi connectivity index (χ0v) is 16.6. The van der Waals surface area contributed by atoms with Gasteiger partial charge in [-0.2, -0.15) is 9.29 Å². The second-order valence-electron chi connectivity index (χ2n) is 6.34. The third-order valence-corrected chi connectivity index (χ3v) is 6.07. The van der Waals surface area contributed by atoms with Gasteiger partial charge in [-0.05, 0) is 25.0 Å². The molecule has 0 unspecified atom stereocenters. The molecule has 0 fully saturated rings. The quantitative estimate of drug-likeness (QED) is 0.610. The summed E-state index contributed by atoms with van der Waals surface area (Å²) >= 11 is 0. The van der Waals surface area contributed by atoms with E-state index in [0.717, 1.165) is 6.42 Å². The lowest BCUT2D eigenvalue weighted by molar-refractivity contribution is 0.333. The summed E-state index contributed by atoms with van der Waals surface area (Å²) in [5.74, 6) is 1.89. The van der Waals surface area contributed by atoms with Gasteiger partial charge in [-0.25, -0.2) is 13.4 Å². The average Bonchev–Trinajstić information content (AvgIpc) is 3.24. The maximum absolute atomic E-state index is 13.1. The highest BCUT2D eigenvalue weighted by Crippen LogP contribution is 2.27. The van der Waals surface area contributed by atoms with E-state index in [1.165, 1.54) is 11.4 Å². The van der Waals surface area contributed by atoms with Crippen molar-refractivity contribution in [1.82, 2.24) is 19.4 Å². The summed E-state index contributed by atoms with van der Waals surface area (Å²) in [5, 5.41) is 3.86. The van der Waals surface area contributed by atoms with E-state index in [-0.39, 0.29) is 17.3 Å². The summed E-state index contributed by atoms with van der Waals surface area (Å²) in [4.78, 5) is 8.49. The highest BCUT2D eigenvalue weighted by Gasteiger charge is 2.25. The number of benzene rings is 1. The Bertz CT molecular complexity index is 1040. The molecule has 3 rings (SSSR count). The number of sulfonamides is 1. The van der Waals surface area contributed by atoms with Gasteiger partial charge in [0.2, 0.25) is 15.9 Å². The molecule has 0 spiro atoms. The van der Waals surface area contributed by atoms with Gasteiger partial charge in [0.25, 0.3) is 0 Å². The van der Waals surface area contributed by atoms with Gasteiger partial charge in [0.05, 0.1) is 17.6 Å². The monoisotopic (exact) mass is 390 g/mol. The van der Waals surface area contributed by atoms with Gasteiger partial charge < -0.3 is 8.94 Å². The predicted octanol–water partition coefficient (Wildman–Crippen LogP) is 3.11. The summed E-state index contributed by atoms with van der Waals surface area (Å²) in [6.07, 6.45) is 3.16. The minimum absolute atomic E-state index is 0.00410. The summed E-state index contributed by atoms with van der Waals surface area (Å²) < 4.78 is 38.0. The molecule has 0 atom stereocenters. The Labute approximate surface area is 158 Å². The van der Waals surface area contributed by atoms with Crippen molar-refractivity contribution in [2.75, 3.05) is 7.05 Å². The van der Waals surface area contributed by atoms with Crippen LogP contribution >= 0.6 is 0 Å². The van der Waals surface area contributed by atoms with E-state index < -0.39 is 10.0 Å². The number of aryl methyl sites for hydroxylation is 3. The van der Waals surface area contributed by atoms with Crippen LogP contribution in [0.4, 0.5) is 0 Å². The van der Waals surface area contributed by atoms with Crippen LogP contribution in [0, 0.1) is 13.8 Å². The largest absolute Gasteiger partial charge is 0.441 e. The molecule has 0 bridgehead atoms. The van der Waals surface area contributed by atoms with Crippen molar-refractivity contribution in [3.8, 4) is 11.3 Å². The van der Waals surface area contributed by atoms with Crippen LogP contribution in [-0.2, 0) is 23.0 Å². The first-order valence-corrected chi connectivity index (χ1v) is 10.1. The fourth-order valence-corrected chi connectivity index (χ4v) is 4.02. The van der Waals surface area contributed by atoms with Gasteiger partial charge in [0.1, 0.15) is 0 Å². The SMILES string of the molecule is CCCc1noc(CN(C)S(=O)(=O)c2cc(-c3cnc(C)o3)ccc2C)n1. The van der Waals surface area contributed by atoms with Crippen LogP contribution in [0.2, 0.25) is 0 Å². The molecule has 9 heteroatoms. The summed E-state index contributed by atoms with van der Waals surface area (Å²) in [7, 11) is -2.26. The summed E-state index contributed by atoms with van der Waals surface area (Å²) in [6.45, 7) is 5.51. The van der Waals surface area contributed by atoms with E-state index in [4.69, 9.17) is 8.94 Å². The first-order chi connectivity index (χ1) is 12.8. The Balaban J connectivity index is 1.88. The second kappa shape index (κ2) is 7.61. The van der Waals surface area contributed by atoms with E-state index >= 15 is 0 Å². The molecule has 0 aliphatic rings. The molecule has 0 aliphatic heterocycles. The van der Waals surface area contributed by atoms with E-state index in [9.17, 15) is 8.42 Å². The van der Waals surface area contributed by atoms with Crippen LogP contribution in [0.3, 0.4) is 0 Å². The first-order valence-electron chi connectivity index (χ1n) is 8.62. The predicted molar refractivity (Wildman–Crippen MR) is 98.4 cm³/mol. The summed E-state index contributed by atoms with van der Waals surface area (Å²) in [5.41, 5.74) is 1.29. The Kier molecular flexibility index (Phi) is 5.43. The van der Waals surface area contributed by atoms with Crippen LogP contribution in [0.1, 0.15) is 36.5 Å². The van der Waals surface area contributed by atoms with Gasteiger partial charge in [-0.15, -0.1) is 0 Å². The van der Waals surface area contributed by atoms with Gasteiger partial charge in [-0.3, -0.25) is 0 Å². The molecular weight excluding hydrogens is 368 g/mol. The van der Waals surface area contributed by atoms with E-state index in [1.807, 2.05) is 13.0 Å². The van der Waals surface area contributed by atoms with Crippen molar-refractivity contribution in [2.24, 2.45) is 0 Å². The second-order valence-corrected chi connectivity index (χ2v) is 8.35. The highest BCUT2D eigenvalue weighted by molar-refractivity contribution is 7.89. The van der Waals surface area contributed by atoms with Gasteiger partial charge in [0.15, 0.2) is 17.5 Å². The van der Waals surface area contributed by atoms with Crippen LogP contribution in [0.25, 0.3) is 11.3 Å². The molecule has 144 valence electrons. The number of aromatic nitrogens is 3. The molecule has 0 amide bonds. The number of rotatable bonds is 7. The topological polar surface area (TPSA) is 102 Å². The van der Waals surface area contributed by atoms with E-state index in [0.29, 0.717) is 35.0 Å². The molecule has 0 radical (unpaired) electrons. The van der Waals surface area contributed by atoms with Crippen LogP contribution < -0.4 is 0 Å². The Morgan fingerprint density at radius 1 is 1.22 bits per heavy atom. The molecule has 2 heterocycles. The molecule has 0 saturated heterocycles. The summed E-state index contributed by atoms with van der Waals surface area (Å²) in [6, 6.07) is 5.15. The fraction of sp³-hybridized carbons (Fsp3) is 0.389. The van der Waals surface area contributed by atoms with Crippen molar-refractivity contribution in [1.29, 1.82) is 0 Å². The van der Waals surface area contributed by atoms with Crippen molar-refractivity contribution in [3.63, 3.8) is 0 Å². The fourth-order valence-electron chi connectivity index (χ4n) is 2.65. The zero-order valence-electron chi connectivity index (χ0n) is 15.8. The van der Waals surface area contributed by atoms with E-state index in [2.05, 4.69) is 15.1 Å². The molecule has 3 aromatic rings. The van der Waals surface area contributed by atoms with Crippen molar-refractivity contribution >= 4 is 10.0 Å². The zero-order chi connectivity index (χ0) is 19.6. The number of nitrogens with zero attached hydrogens (tertiary/aromatic N) is 4. The maximum Gasteiger partial charge on any atom is 0.243 e. The molecular formula is C18H22N4O4S. The molecule has 1 aromatic carbocycles. The molecule has 0 N–H and O–H groups in total. The molecule has 27 heavy (non-hydrogen) atoms. The number of hydrogen-bond donors (Lipinski definition) is 0. The third-order valence-electron chi connectivity index (χ3n) is 4.12. The Morgan fingerprint density at radius 3 is 2.67 bits per heavy atom. The van der Waals surface area contributed by atoms with Gasteiger partial charge in [-0.1, -0.05) is 24.2 Å². The van der Waals surface area contributed by atoms with Crippen molar-refractivity contribution in [2.45, 2.75) is 45.1 Å². The molecule has 2 aromatic heterocycles. The smallest absolute Gasteiger partial charge is 0.243 e. The molecule has 8 nitrogen and oxygen atoms in total. The lowest BCUT2D eigenvalue weighted by Gasteiger charge is -2.17. The van der Waals surface area contributed by atoms with Crippen molar-refractivity contribution in [3.05, 3.63) is 47.6 Å². The Morgan fingerprint density at radius 2 is 2.00 bits per heavy atom. The van der Waals surface area contributed by atoms with Crippen LogP contribution in [0.5, 0.6) is 0 Å². The van der Waals surface area contributed by atoms with Gasteiger partial charge >= 0.3 is 0 Å². The lowest BCUT2D eigenvalue weighted by atomic mass is 10.1. The minimum atomic E-state index is -3.75. The van der Waals surface area contributed by atoms with E-state index in [1.54, 1.807) is 32.2 Å².